The van der Waals surface area contributed by atoms with E-state index in [1.807, 2.05) is 60.7 Å². The lowest BCUT2D eigenvalue weighted by atomic mass is 9.65. The van der Waals surface area contributed by atoms with Crippen LogP contribution in [0.2, 0.25) is 0 Å². The lowest BCUT2D eigenvalue weighted by molar-refractivity contribution is 0.437. The predicted octanol–water partition coefficient (Wildman–Crippen LogP) is 12.2. The summed E-state index contributed by atoms with van der Waals surface area (Å²) in [5.74, 6) is 3.68. The maximum atomic E-state index is 6.94. The lowest BCUT2D eigenvalue weighted by Crippen LogP contribution is -2.32. The number of rotatable bonds is 4. The van der Waals surface area contributed by atoms with Gasteiger partial charge in [0.25, 0.3) is 0 Å². The summed E-state index contributed by atoms with van der Waals surface area (Å²) < 4.78 is 6.94. The van der Waals surface area contributed by atoms with Gasteiger partial charge in [-0.05, 0) is 62.4 Å². The second-order valence-corrected chi connectivity index (χ2v) is 14.0. The predicted molar refractivity (Wildman–Crippen MR) is 216 cm³/mol. The van der Waals surface area contributed by atoms with Crippen LogP contribution < -0.4 is 4.74 Å². The summed E-state index contributed by atoms with van der Waals surface area (Å²) in [7, 11) is 0. The van der Waals surface area contributed by atoms with Crippen molar-refractivity contribution in [2.24, 2.45) is 0 Å². The second kappa shape index (κ2) is 11.9. The number of fused-ring (bicyclic) bond motifs is 10. The summed E-state index contributed by atoms with van der Waals surface area (Å²) in [5.41, 5.74) is 11.9. The van der Waals surface area contributed by atoms with Gasteiger partial charge >= 0.3 is 0 Å². The highest BCUT2D eigenvalue weighted by atomic mass is 16.5. The van der Waals surface area contributed by atoms with Crippen molar-refractivity contribution in [1.29, 1.82) is 0 Å². The number of hydrogen-bond acceptors (Lipinski definition) is 4. The summed E-state index contributed by atoms with van der Waals surface area (Å²) in [6.45, 7) is 0. The molecular weight excluding hydrogens is 659 g/mol. The van der Waals surface area contributed by atoms with Gasteiger partial charge in [-0.15, -0.1) is 0 Å². The van der Waals surface area contributed by atoms with Gasteiger partial charge in [0.1, 0.15) is 11.5 Å². The zero-order valence-corrected chi connectivity index (χ0v) is 29.1. The Balaban J connectivity index is 1.04. The molecule has 252 valence electrons. The molecule has 11 rings (SSSR count). The third kappa shape index (κ3) is 4.60. The van der Waals surface area contributed by atoms with E-state index in [4.69, 9.17) is 19.7 Å². The molecule has 9 aromatic rings. The number of ether oxygens (including phenoxy) is 1. The highest BCUT2D eigenvalue weighted by molar-refractivity contribution is 5.93. The van der Waals surface area contributed by atoms with Crippen molar-refractivity contribution in [3.8, 4) is 67.9 Å². The lowest BCUT2D eigenvalue weighted by Gasteiger charge is -2.39. The van der Waals surface area contributed by atoms with Gasteiger partial charge in [-0.3, -0.25) is 0 Å². The van der Waals surface area contributed by atoms with Crippen LogP contribution in [0.25, 0.3) is 67.2 Å². The molecule has 0 unspecified atom stereocenters. The standard InChI is InChI=1S/C50H31N3O/c1-3-13-33(14-4-1)47-51-48(34-15-5-2-6-16-34)53-49(52-47)35-25-23-32(24-26-35)38-27-28-43-45(31-38)54-46-30-37-18-8-7-17-36(37)29-44(46)50(43)41-21-11-9-19-39(41)40-20-10-12-22-42(40)50/h1-31H. The van der Waals surface area contributed by atoms with Crippen LogP contribution >= 0.6 is 0 Å². The average Bonchev–Trinajstić information content (AvgIpc) is 3.54. The van der Waals surface area contributed by atoms with Gasteiger partial charge in [-0.25, -0.2) is 15.0 Å². The summed E-state index contributed by atoms with van der Waals surface area (Å²) in [6.07, 6.45) is 0. The average molecular weight is 690 g/mol. The van der Waals surface area contributed by atoms with E-state index in [1.54, 1.807) is 0 Å². The van der Waals surface area contributed by atoms with Gasteiger partial charge < -0.3 is 4.74 Å². The highest BCUT2D eigenvalue weighted by Crippen LogP contribution is 2.62. The molecule has 0 saturated heterocycles. The monoisotopic (exact) mass is 689 g/mol. The number of hydrogen-bond donors (Lipinski definition) is 0. The van der Waals surface area contributed by atoms with Crippen molar-refractivity contribution in [2.45, 2.75) is 5.41 Å². The second-order valence-electron chi connectivity index (χ2n) is 14.0. The van der Waals surface area contributed by atoms with Crippen LogP contribution in [0.5, 0.6) is 11.5 Å². The van der Waals surface area contributed by atoms with Crippen LogP contribution in [-0.2, 0) is 5.41 Å². The topological polar surface area (TPSA) is 47.9 Å². The van der Waals surface area contributed by atoms with Crippen LogP contribution in [0.1, 0.15) is 22.3 Å². The Morgan fingerprint density at radius 3 is 1.35 bits per heavy atom. The van der Waals surface area contributed by atoms with E-state index in [2.05, 4.69) is 127 Å². The molecule has 0 fully saturated rings. The fourth-order valence-corrected chi connectivity index (χ4v) is 8.52. The molecule has 4 nitrogen and oxygen atoms in total. The van der Waals surface area contributed by atoms with E-state index < -0.39 is 5.41 Å². The van der Waals surface area contributed by atoms with Gasteiger partial charge in [0.05, 0.1) is 5.41 Å². The largest absolute Gasteiger partial charge is 0.457 e. The van der Waals surface area contributed by atoms with E-state index in [0.717, 1.165) is 50.3 Å². The fourth-order valence-electron chi connectivity index (χ4n) is 8.52. The van der Waals surface area contributed by atoms with E-state index in [-0.39, 0.29) is 0 Å². The number of aromatic nitrogens is 3. The Morgan fingerprint density at radius 1 is 0.315 bits per heavy atom. The van der Waals surface area contributed by atoms with Crippen molar-refractivity contribution in [3.63, 3.8) is 0 Å². The highest BCUT2D eigenvalue weighted by Gasteiger charge is 2.51. The van der Waals surface area contributed by atoms with E-state index >= 15 is 0 Å². The normalized spacial score (nSPS) is 13.1. The van der Waals surface area contributed by atoms with E-state index in [1.165, 1.54) is 33.2 Å². The summed E-state index contributed by atoms with van der Waals surface area (Å²) in [4.78, 5) is 14.7. The van der Waals surface area contributed by atoms with Gasteiger partial charge in [0.2, 0.25) is 0 Å². The smallest absolute Gasteiger partial charge is 0.164 e. The zero-order valence-electron chi connectivity index (χ0n) is 29.1. The van der Waals surface area contributed by atoms with Crippen LogP contribution in [0.3, 0.4) is 0 Å². The van der Waals surface area contributed by atoms with Crippen molar-refractivity contribution in [2.75, 3.05) is 0 Å². The van der Waals surface area contributed by atoms with Crippen LogP contribution in [-0.4, -0.2) is 15.0 Å². The van der Waals surface area contributed by atoms with Gasteiger partial charge in [-0.2, -0.15) is 0 Å². The first-order valence-corrected chi connectivity index (χ1v) is 18.3. The van der Waals surface area contributed by atoms with Crippen molar-refractivity contribution in [3.05, 3.63) is 210 Å². The molecule has 0 radical (unpaired) electrons. The Hall–Kier alpha value is -7.17. The van der Waals surface area contributed by atoms with Crippen LogP contribution in [0.4, 0.5) is 0 Å². The molecule has 0 atom stereocenters. The molecule has 2 heterocycles. The molecule has 2 aliphatic rings. The summed E-state index contributed by atoms with van der Waals surface area (Å²) in [6, 6.07) is 66.2. The summed E-state index contributed by atoms with van der Waals surface area (Å²) in [5, 5.41) is 2.36. The van der Waals surface area contributed by atoms with E-state index in [9.17, 15) is 0 Å². The molecule has 0 amide bonds. The Morgan fingerprint density at radius 2 is 0.759 bits per heavy atom. The van der Waals surface area contributed by atoms with Crippen molar-refractivity contribution >= 4 is 10.8 Å². The van der Waals surface area contributed by atoms with Crippen molar-refractivity contribution in [1.82, 2.24) is 15.0 Å². The quantitative estimate of drug-likeness (QED) is 0.185. The van der Waals surface area contributed by atoms with E-state index in [0.29, 0.717) is 17.5 Å². The molecule has 0 saturated carbocycles. The molecule has 1 aliphatic heterocycles. The third-order valence-electron chi connectivity index (χ3n) is 11.0. The molecule has 0 bridgehead atoms. The maximum absolute atomic E-state index is 6.94. The molecule has 54 heavy (non-hydrogen) atoms. The molecule has 0 N–H and O–H groups in total. The molecular formula is C50H31N3O. The molecule has 1 aromatic heterocycles. The zero-order chi connectivity index (χ0) is 35.6. The van der Waals surface area contributed by atoms with Crippen molar-refractivity contribution < 1.29 is 4.74 Å². The minimum absolute atomic E-state index is 0.520. The summed E-state index contributed by atoms with van der Waals surface area (Å²) >= 11 is 0. The Kier molecular flexibility index (Phi) is 6.73. The first-order chi connectivity index (χ1) is 26.7. The Bertz CT molecular complexity index is 2800. The molecule has 4 heteroatoms. The Labute approximate surface area is 313 Å². The minimum Gasteiger partial charge on any atom is -0.457 e. The van der Waals surface area contributed by atoms with Gasteiger partial charge in [-0.1, -0.05) is 170 Å². The third-order valence-corrected chi connectivity index (χ3v) is 11.0. The SMILES string of the molecule is c1ccc(-c2nc(-c3ccccc3)nc(-c3ccc(-c4ccc5c(c4)Oc4cc6ccccc6cc4C54c5ccccc5-c5ccccc54)cc3)n2)cc1. The number of benzene rings is 8. The maximum Gasteiger partial charge on any atom is 0.164 e. The van der Waals surface area contributed by atoms with Gasteiger partial charge in [0, 0.05) is 27.8 Å². The molecule has 1 aliphatic carbocycles. The van der Waals surface area contributed by atoms with Gasteiger partial charge in [0.15, 0.2) is 17.5 Å². The van der Waals surface area contributed by atoms with Crippen LogP contribution in [0.15, 0.2) is 188 Å². The minimum atomic E-state index is -0.520. The first-order valence-electron chi connectivity index (χ1n) is 18.3. The molecule has 1 spiro atoms. The fraction of sp³-hybridized carbons (Fsp3) is 0.0200. The number of nitrogens with zero attached hydrogens (tertiary/aromatic N) is 3. The molecule has 8 aromatic carbocycles. The first kappa shape index (κ1) is 30.5. The van der Waals surface area contributed by atoms with Crippen LogP contribution in [0, 0.1) is 0 Å².